The zero-order valence-corrected chi connectivity index (χ0v) is 13.8. The van der Waals surface area contributed by atoms with Crippen LogP contribution in [0.5, 0.6) is 0 Å². The van der Waals surface area contributed by atoms with Gasteiger partial charge in [-0.2, -0.15) is 0 Å². The Kier molecular flexibility index (Phi) is 3.85. The van der Waals surface area contributed by atoms with E-state index in [9.17, 15) is 0 Å². The van der Waals surface area contributed by atoms with Gasteiger partial charge >= 0.3 is 0 Å². The van der Waals surface area contributed by atoms with Gasteiger partial charge in [0.25, 0.3) is 0 Å². The third-order valence-corrected chi connectivity index (χ3v) is 5.02. The maximum atomic E-state index is 9.14. The summed E-state index contributed by atoms with van der Waals surface area (Å²) >= 11 is 0. The van der Waals surface area contributed by atoms with Gasteiger partial charge in [0.05, 0.1) is 6.61 Å². The Hall–Kier alpha value is -1.08. The molecule has 1 heteroatoms. The fourth-order valence-electron chi connectivity index (χ4n) is 3.39. The highest BCUT2D eigenvalue weighted by molar-refractivity contribution is 5.69. The Morgan fingerprint density at radius 1 is 1.10 bits per heavy atom. The maximum absolute atomic E-state index is 9.14. The molecule has 2 rings (SSSR count). The summed E-state index contributed by atoms with van der Waals surface area (Å²) < 4.78 is 0. The highest BCUT2D eigenvalue weighted by atomic mass is 16.2. The molecule has 1 aliphatic rings. The molecule has 0 fully saturated rings. The first-order chi connectivity index (χ1) is 9.19. The molecule has 1 aliphatic carbocycles. The summed E-state index contributed by atoms with van der Waals surface area (Å²) in [7, 11) is 0. The Balaban J connectivity index is 2.67. The first kappa shape index (κ1) is 15.3. The zero-order chi connectivity index (χ0) is 15.1. The lowest BCUT2D eigenvalue weighted by atomic mass is 9.62. The molecule has 0 amide bonds. The smallest absolute Gasteiger partial charge is 0.0618 e. The highest BCUT2D eigenvalue weighted by Gasteiger charge is 2.37. The molecule has 1 N–H and O–H groups in total. The van der Waals surface area contributed by atoms with Gasteiger partial charge < -0.3 is 5.11 Å². The van der Waals surface area contributed by atoms with Crippen LogP contribution in [0.4, 0.5) is 0 Å². The molecule has 0 bridgehead atoms. The monoisotopic (exact) mass is 272 g/mol. The number of allylic oxidation sites excluding steroid dienone is 1. The Morgan fingerprint density at radius 2 is 1.60 bits per heavy atom. The van der Waals surface area contributed by atoms with E-state index in [4.69, 9.17) is 5.11 Å². The van der Waals surface area contributed by atoms with Crippen molar-refractivity contribution < 1.29 is 5.11 Å². The first-order valence-corrected chi connectivity index (χ1v) is 7.62. The van der Waals surface area contributed by atoms with Crippen LogP contribution in [0.3, 0.4) is 0 Å². The van der Waals surface area contributed by atoms with Crippen molar-refractivity contribution in [1.82, 2.24) is 0 Å². The summed E-state index contributed by atoms with van der Waals surface area (Å²) in [5.74, 6) is 0. The molecule has 0 atom stereocenters. The fourth-order valence-corrected chi connectivity index (χ4v) is 3.39. The van der Waals surface area contributed by atoms with E-state index in [1.807, 2.05) is 6.08 Å². The molecule has 20 heavy (non-hydrogen) atoms. The fraction of sp³-hybridized carbons (Fsp3) is 0.579. The van der Waals surface area contributed by atoms with Gasteiger partial charge in [-0.05, 0) is 65.3 Å². The molecule has 110 valence electrons. The molecular weight excluding hydrogens is 244 g/mol. The summed E-state index contributed by atoms with van der Waals surface area (Å²) in [6.07, 6.45) is 4.38. The number of hydrogen-bond donors (Lipinski definition) is 1. The average Bonchev–Trinajstić information content (AvgIpc) is 2.35. The molecule has 1 nitrogen and oxygen atoms in total. The number of aliphatic hydroxyl groups is 1. The number of aryl methyl sites for hydroxylation is 1. The third-order valence-electron chi connectivity index (χ3n) is 5.02. The molecule has 1 aromatic carbocycles. The lowest BCUT2D eigenvalue weighted by Gasteiger charge is -2.42. The molecule has 1 aromatic rings. The lowest BCUT2D eigenvalue weighted by Crippen LogP contribution is -2.34. The van der Waals surface area contributed by atoms with Crippen molar-refractivity contribution in [1.29, 1.82) is 0 Å². The number of fused-ring (bicyclic) bond motifs is 1. The Labute approximate surface area is 123 Å². The van der Waals surface area contributed by atoms with E-state index in [1.165, 1.54) is 40.7 Å². The number of benzene rings is 1. The Morgan fingerprint density at radius 3 is 2.10 bits per heavy atom. The zero-order valence-electron chi connectivity index (χ0n) is 13.8. The van der Waals surface area contributed by atoms with E-state index >= 15 is 0 Å². The second kappa shape index (κ2) is 5.04. The standard InChI is InChI=1S/C19H28O/c1-13(7-10-20)15-12-17-16(11-14(15)2)18(3,4)8-9-19(17,5)6/h7,11-12,20H,8-10H2,1-6H3/b13-7-. The topological polar surface area (TPSA) is 20.2 Å². The molecule has 0 radical (unpaired) electrons. The van der Waals surface area contributed by atoms with E-state index in [0.29, 0.717) is 0 Å². The van der Waals surface area contributed by atoms with Gasteiger partial charge in [-0.3, -0.25) is 0 Å². The first-order valence-electron chi connectivity index (χ1n) is 7.62. The van der Waals surface area contributed by atoms with Crippen LogP contribution in [0, 0.1) is 6.92 Å². The van der Waals surface area contributed by atoms with Gasteiger partial charge in [0.1, 0.15) is 0 Å². The second-order valence-electron chi connectivity index (χ2n) is 7.55. The van der Waals surface area contributed by atoms with Gasteiger partial charge in [0.2, 0.25) is 0 Å². The van der Waals surface area contributed by atoms with Crippen molar-refractivity contribution in [2.24, 2.45) is 0 Å². The van der Waals surface area contributed by atoms with E-state index in [-0.39, 0.29) is 17.4 Å². The van der Waals surface area contributed by atoms with Crippen LogP contribution in [0.2, 0.25) is 0 Å². The van der Waals surface area contributed by atoms with E-state index in [1.54, 1.807) is 0 Å². The Bertz CT molecular complexity index is 547. The minimum atomic E-state index is 0.108. The van der Waals surface area contributed by atoms with Crippen molar-refractivity contribution in [3.05, 3.63) is 40.5 Å². The minimum Gasteiger partial charge on any atom is -0.392 e. The van der Waals surface area contributed by atoms with Crippen LogP contribution in [0.15, 0.2) is 18.2 Å². The van der Waals surface area contributed by atoms with Crippen LogP contribution < -0.4 is 0 Å². The lowest BCUT2D eigenvalue weighted by molar-refractivity contribution is 0.331. The van der Waals surface area contributed by atoms with Gasteiger partial charge in [-0.15, -0.1) is 0 Å². The molecule has 0 saturated carbocycles. The second-order valence-corrected chi connectivity index (χ2v) is 7.55. The average molecular weight is 272 g/mol. The molecule has 0 saturated heterocycles. The largest absolute Gasteiger partial charge is 0.392 e. The molecule has 0 aromatic heterocycles. The van der Waals surface area contributed by atoms with Gasteiger partial charge in [0.15, 0.2) is 0 Å². The molecule has 0 unspecified atom stereocenters. The molecular formula is C19H28O. The number of hydrogen-bond acceptors (Lipinski definition) is 1. The summed E-state index contributed by atoms with van der Waals surface area (Å²) in [4.78, 5) is 0. The van der Waals surface area contributed by atoms with Crippen molar-refractivity contribution in [2.75, 3.05) is 6.61 Å². The van der Waals surface area contributed by atoms with Crippen molar-refractivity contribution in [3.8, 4) is 0 Å². The molecule has 0 heterocycles. The van der Waals surface area contributed by atoms with Crippen LogP contribution in [0.25, 0.3) is 5.57 Å². The van der Waals surface area contributed by atoms with Crippen molar-refractivity contribution in [2.45, 2.75) is 65.2 Å². The third kappa shape index (κ3) is 2.56. The predicted octanol–water partition coefficient (Wildman–Crippen LogP) is 4.74. The van der Waals surface area contributed by atoms with Gasteiger partial charge in [-0.25, -0.2) is 0 Å². The van der Waals surface area contributed by atoms with Crippen LogP contribution in [-0.4, -0.2) is 11.7 Å². The highest BCUT2D eigenvalue weighted by Crippen LogP contribution is 2.47. The van der Waals surface area contributed by atoms with Gasteiger partial charge in [-0.1, -0.05) is 45.9 Å². The minimum absolute atomic E-state index is 0.108. The summed E-state index contributed by atoms with van der Waals surface area (Å²) in [5.41, 5.74) is 7.27. The van der Waals surface area contributed by atoms with Crippen molar-refractivity contribution in [3.63, 3.8) is 0 Å². The molecule has 0 spiro atoms. The van der Waals surface area contributed by atoms with Crippen LogP contribution in [0.1, 0.15) is 69.7 Å². The summed E-state index contributed by atoms with van der Waals surface area (Å²) in [5, 5.41) is 9.14. The van der Waals surface area contributed by atoms with E-state index in [0.717, 1.165) is 0 Å². The maximum Gasteiger partial charge on any atom is 0.0618 e. The number of aliphatic hydroxyl groups excluding tert-OH is 1. The predicted molar refractivity (Wildman–Crippen MR) is 87.2 cm³/mol. The summed E-state index contributed by atoms with van der Waals surface area (Å²) in [6, 6.07) is 4.74. The van der Waals surface area contributed by atoms with E-state index in [2.05, 4.69) is 53.7 Å². The van der Waals surface area contributed by atoms with E-state index < -0.39 is 0 Å². The number of rotatable bonds is 2. The van der Waals surface area contributed by atoms with Gasteiger partial charge in [0, 0.05) is 0 Å². The quantitative estimate of drug-likeness (QED) is 0.824. The van der Waals surface area contributed by atoms with Crippen LogP contribution in [-0.2, 0) is 10.8 Å². The SMILES string of the molecule is C/C(=C/CO)c1cc2c(cc1C)C(C)(C)CCC2(C)C. The normalized spacial score (nSPS) is 20.6. The van der Waals surface area contributed by atoms with Crippen LogP contribution >= 0.6 is 0 Å². The summed E-state index contributed by atoms with van der Waals surface area (Å²) in [6.45, 7) is 13.8. The molecule has 0 aliphatic heterocycles. The van der Waals surface area contributed by atoms with Crippen molar-refractivity contribution >= 4 is 5.57 Å².